The molecule has 24 heavy (non-hydrogen) atoms. The van der Waals surface area contributed by atoms with Crippen LogP contribution in [0.3, 0.4) is 0 Å². The molecule has 1 fully saturated rings. The maximum Gasteiger partial charge on any atom is 0.0914 e. The quantitative estimate of drug-likeness (QED) is 0.822. The molecule has 2 aromatic carbocycles. The number of benzene rings is 2. The predicted octanol–water partition coefficient (Wildman–Crippen LogP) is 2.94. The van der Waals surface area contributed by atoms with Crippen LogP contribution in [0.2, 0.25) is 0 Å². The summed E-state index contributed by atoms with van der Waals surface area (Å²) in [5, 5.41) is 13.8. The van der Waals surface area contributed by atoms with Crippen LogP contribution in [0.1, 0.15) is 29.2 Å². The minimum atomic E-state index is -0.427. The van der Waals surface area contributed by atoms with Crippen LogP contribution in [0.15, 0.2) is 54.6 Å². The van der Waals surface area contributed by atoms with Crippen LogP contribution in [0.4, 0.5) is 0 Å². The normalized spacial score (nSPS) is 19.5. The second-order valence-corrected chi connectivity index (χ2v) is 6.86. The highest BCUT2D eigenvalue weighted by Gasteiger charge is 2.22. The fraction of sp³-hybridized carbons (Fsp3) is 0.429. The molecule has 2 atom stereocenters. The summed E-state index contributed by atoms with van der Waals surface area (Å²) in [5.41, 5.74) is 3.62. The molecule has 3 heteroatoms. The zero-order valence-electron chi connectivity index (χ0n) is 14.5. The van der Waals surface area contributed by atoms with Crippen molar-refractivity contribution in [3.63, 3.8) is 0 Å². The van der Waals surface area contributed by atoms with E-state index in [0.29, 0.717) is 12.6 Å². The molecule has 2 unspecified atom stereocenters. The lowest BCUT2D eigenvalue weighted by atomic mass is 10.1. The second-order valence-electron chi connectivity index (χ2n) is 6.86. The Labute approximate surface area is 145 Å². The molecule has 0 bridgehead atoms. The van der Waals surface area contributed by atoms with E-state index < -0.39 is 6.10 Å². The number of aliphatic hydroxyl groups excluding tert-OH is 1. The predicted molar refractivity (Wildman–Crippen MR) is 99.1 cm³/mol. The fourth-order valence-corrected chi connectivity index (χ4v) is 3.32. The molecular weight excluding hydrogens is 296 g/mol. The van der Waals surface area contributed by atoms with Gasteiger partial charge in [-0.15, -0.1) is 0 Å². The van der Waals surface area contributed by atoms with Crippen LogP contribution in [-0.2, 0) is 6.42 Å². The van der Waals surface area contributed by atoms with Crippen molar-refractivity contribution in [3.8, 4) is 0 Å². The first kappa shape index (κ1) is 17.2. The van der Waals surface area contributed by atoms with Crippen LogP contribution in [0.5, 0.6) is 0 Å². The summed E-state index contributed by atoms with van der Waals surface area (Å²) in [6.07, 6.45) is 1.85. The number of nitrogens with one attached hydrogen (secondary N) is 1. The molecule has 3 rings (SSSR count). The van der Waals surface area contributed by atoms with Crippen LogP contribution in [-0.4, -0.2) is 42.2 Å². The summed E-state index contributed by atoms with van der Waals surface area (Å²) in [5.74, 6) is 0. The van der Waals surface area contributed by atoms with E-state index in [9.17, 15) is 5.11 Å². The molecule has 0 spiro atoms. The highest BCUT2D eigenvalue weighted by atomic mass is 16.3. The summed E-state index contributed by atoms with van der Waals surface area (Å²) < 4.78 is 0. The van der Waals surface area contributed by atoms with Crippen molar-refractivity contribution in [3.05, 3.63) is 71.3 Å². The van der Waals surface area contributed by atoms with Crippen molar-refractivity contribution in [1.82, 2.24) is 10.2 Å². The largest absolute Gasteiger partial charge is 0.387 e. The number of aliphatic hydroxyl groups is 1. The van der Waals surface area contributed by atoms with Crippen LogP contribution in [0, 0.1) is 6.92 Å². The van der Waals surface area contributed by atoms with Gasteiger partial charge in [-0.2, -0.15) is 0 Å². The van der Waals surface area contributed by atoms with Gasteiger partial charge in [-0.05, 0) is 37.4 Å². The molecule has 0 amide bonds. The summed E-state index contributed by atoms with van der Waals surface area (Å²) in [7, 11) is 0. The van der Waals surface area contributed by atoms with Crippen molar-refractivity contribution in [2.45, 2.75) is 31.9 Å². The monoisotopic (exact) mass is 324 g/mol. The van der Waals surface area contributed by atoms with Crippen LogP contribution < -0.4 is 5.32 Å². The number of nitrogens with zero attached hydrogens (tertiary/aromatic N) is 1. The number of likely N-dealkylation sites (tertiary alicyclic amines) is 1. The molecule has 2 aromatic rings. The lowest BCUT2D eigenvalue weighted by Crippen LogP contribution is -2.35. The van der Waals surface area contributed by atoms with Gasteiger partial charge in [0.05, 0.1) is 6.10 Å². The molecule has 2 N–H and O–H groups in total. The van der Waals surface area contributed by atoms with Gasteiger partial charge in [-0.25, -0.2) is 0 Å². The molecule has 1 aliphatic rings. The van der Waals surface area contributed by atoms with E-state index in [0.717, 1.165) is 38.0 Å². The number of hydrogen-bond donors (Lipinski definition) is 2. The first-order chi connectivity index (χ1) is 11.7. The van der Waals surface area contributed by atoms with Gasteiger partial charge in [-0.3, -0.25) is 0 Å². The number of hydrogen-bond acceptors (Lipinski definition) is 3. The minimum Gasteiger partial charge on any atom is -0.387 e. The topological polar surface area (TPSA) is 35.5 Å². The molecule has 0 radical (unpaired) electrons. The maximum absolute atomic E-state index is 10.3. The Kier molecular flexibility index (Phi) is 6.02. The average molecular weight is 324 g/mol. The Balaban J connectivity index is 1.39. The molecule has 1 heterocycles. The summed E-state index contributed by atoms with van der Waals surface area (Å²) >= 11 is 0. The van der Waals surface area contributed by atoms with E-state index in [1.54, 1.807) is 0 Å². The van der Waals surface area contributed by atoms with Crippen molar-refractivity contribution < 1.29 is 5.11 Å². The molecular formula is C21H28N2O. The van der Waals surface area contributed by atoms with E-state index >= 15 is 0 Å². The standard InChI is InChI=1S/C21H28N2O/c1-17-7-9-19(10-8-17)21(24)15-22-20-12-14-23(16-20)13-11-18-5-3-2-4-6-18/h2-10,20-22,24H,11-16H2,1H3. The van der Waals surface area contributed by atoms with Gasteiger partial charge < -0.3 is 15.3 Å². The van der Waals surface area contributed by atoms with Gasteiger partial charge in [0.2, 0.25) is 0 Å². The van der Waals surface area contributed by atoms with E-state index in [-0.39, 0.29) is 0 Å². The van der Waals surface area contributed by atoms with Gasteiger partial charge in [0.25, 0.3) is 0 Å². The van der Waals surface area contributed by atoms with Crippen molar-refractivity contribution in [2.75, 3.05) is 26.2 Å². The van der Waals surface area contributed by atoms with Crippen LogP contribution in [0.25, 0.3) is 0 Å². The zero-order chi connectivity index (χ0) is 16.8. The van der Waals surface area contributed by atoms with E-state index in [4.69, 9.17) is 0 Å². The number of aryl methyl sites for hydroxylation is 1. The third kappa shape index (κ3) is 4.91. The van der Waals surface area contributed by atoms with E-state index in [2.05, 4.69) is 59.6 Å². The molecule has 0 saturated carbocycles. The zero-order valence-corrected chi connectivity index (χ0v) is 14.5. The lowest BCUT2D eigenvalue weighted by molar-refractivity contribution is 0.169. The highest BCUT2D eigenvalue weighted by Crippen LogP contribution is 2.15. The van der Waals surface area contributed by atoms with Crippen LogP contribution >= 0.6 is 0 Å². The van der Waals surface area contributed by atoms with Gasteiger partial charge in [0.1, 0.15) is 0 Å². The Bertz CT molecular complexity index is 611. The summed E-state index contributed by atoms with van der Waals surface area (Å²) in [6, 6.07) is 19.3. The molecule has 0 aromatic heterocycles. The third-order valence-electron chi connectivity index (χ3n) is 4.89. The molecule has 128 valence electrons. The Morgan fingerprint density at radius 2 is 1.88 bits per heavy atom. The smallest absolute Gasteiger partial charge is 0.0914 e. The summed E-state index contributed by atoms with van der Waals surface area (Å²) in [6.45, 7) is 6.03. The second kappa shape index (κ2) is 8.43. The minimum absolute atomic E-state index is 0.427. The van der Waals surface area contributed by atoms with Crippen molar-refractivity contribution in [1.29, 1.82) is 0 Å². The maximum atomic E-state index is 10.3. The molecule has 1 aliphatic heterocycles. The third-order valence-corrected chi connectivity index (χ3v) is 4.89. The molecule has 0 aliphatic carbocycles. The van der Waals surface area contributed by atoms with Gasteiger partial charge in [0, 0.05) is 25.7 Å². The fourth-order valence-electron chi connectivity index (χ4n) is 3.32. The average Bonchev–Trinajstić information content (AvgIpc) is 3.07. The lowest BCUT2D eigenvalue weighted by Gasteiger charge is -2.18. The first-order valence-electron chi connectivity index (χ1n) is 8.95. The SMILES string of the molecule is Cc1ccc(C(O)CNC2CCN(CCc3ccccc3)C2)cc1. The summed E-state index contributed by atoms with van der Waals surface area (Å²) in [4.78, 5) is 2.52. The van der Waals surface area contributed by atoms with E-state index in [1.165, 1.54) is 11.1 Å². The first-order valence-corrected chi connectivity index (χ1v) is 8.95. The Morgan fingerprint density at radius 1 is 1.12 bits per heavy atom. The van der Waals surface area contributed by atoms with Gasteiger partial charge >= 0.3 is 0 Å². The molecule has 1 saturated heterocycles. The Hall–Kier alpha value is -1.68. The van der Waals surface area contributed by atoms with E-state index in [1.807, 2.05) is 12.1 Å². The highest BCUT2D eigenvalue weighted by molar-refractivity contribution is 5.23. The van der Waals surface area contributed by atoms with Gasteiger partial charge in [-0.1, -0.05) is 60.2 Å². The Morgan fingerprint density at radius 3 is 2.62 bits per heavy atom. The van der Waals surface area contributed by atoms with Crippen molar-refractivity contribution in [2.24, 2.45) is 0 Å². The molecule has 3 nitrogen and oxygen atoms in total. The number of rotatable bonds is 7. The van der Waals surface area contributed by atoms with Gasteiger partial charge in [0.15, 0.2) is 0 Å². The van der Waals surface area contributed by atoms with Crippen molar-refractivity contribution >= 4 is 0 Å².